The van der Waals surface area contributed by atoms with Gasteiger partial charge in [-0.15, -0.1) is 0 Å². The second-order valence-electron chi connectivity index (χ2n) is 7.61. The summed E-state index contributed by atoms with van der Waals surface area (Å²) in [6, 6.07) is 0. The molecule has 0 amide bonds. The van der Waals surface area contributed by atoms with Crippen LogP contribution in [0.2, 0.25) is 0 Å². The molecule has 0 aromatic rings. The highest BCUT2D eigenvalue weighted by molar-refractivity contribution is 5.82. The first-order chi connectivity index (χ1) is 11.2. The van der Waals surface area contributed by atoms with Gasteiger partial charge in [0.1, 0.15) is 36.6 Å². The molecule has 0 aliphatic carbocycles. The average Bonchev–Trinajstić information content (AvgIpc) is 3.09. The SMILES string of the molecule is CC1(C)O[C@@H]2[C@H](O1)[C@@H]([C@H]1CC=CC(=O)O1)O[C@@H]2[C@H]1COC(C)(C)O1. The van der Waals surface area contributed by atoms with Crippen LogP contribution in [-0.2, 0) is 33.2 Å². The van der Waals surface area contributed by atoms with Crippen LogP contribution >= 0.6 is 0 Å². The summed E-state index contributed by atoms with van der Waals surface area (Å²) in [5, 5.41) is 0. The fourth-order valence-electron chi connectivity index (χ4n) is 3.87. The number of rotatable bonds is 2. The summed E-state index contributed by atoms with van der Waals surface area (Å²) in [7, 11) is 0. The average molecular weight is 340 g/mol. The Balaban J connectivity index is 1.56. The third kappa shape index (κ3) is 2.88. The summed E-state index contributed by atoms with van der Waals surface area (Å²) >= 11 is 0. The van der Waals surface area contributed by atoms with Gasteiger partial charge in [0.2, 0.25) is 0 Å². The summed E-state index contributed by atoms with van der Waals surface area (Å²) in [5.41, 5.74) is 0. The van der Waals surface area contributed by atoms with E-state index in [2.05, 4.69) is 0 Å². The maximum Gasteiger partial charge on any atom is 0.330 e. The molecule has 6 atom stereocenters. The fourth-order valence-corrected chi connectivity index (χ4v) is 3.87. The number of cyclic esters (lactones) is 1. The Kier molecular flexibility index (Phi) is 3.78. The molecule has 4 aliphatic rings. The second kappa shape index (κ2) is 5.51. The van der Waals surface area contributed by atoms with E-state index in [0.29, 0.717) is 13.0 Å². The highest BCUT2D eigenvalue weighted by Gasteiger charge is 2.60. The van der Waals surface area contributed by atoms with Gasteiger partial charge in [0.25, 0.3) is 0 Å². The predicted molar refractivity (Wildman–Crippen MR) is 81.0 cm³/mol. The molecular formula is C17H24O7. The Morgan fingerprint density at radius 3 is 2.17 bits per heavy atom. The van der Waals surface area contributed by atoms with Crippen molar-refractivity contribution in [3.8, 4) is 0 Å². The van der Waals surface area contributed by atoms with Gasteiger partial charge in [-0.1, -0.05) is 6.08 Å². The van der Waals surface area contributed by atoms with E-state index >= 15 is 0 Å². The molecule has 0 N–H and O–H groups in total. The molecule has 0 saturated carbocycles. The number of hydrogen-bond donors (Lipinski definition) is 0. The minimum Gasteiger partial charge on any atom is -0.456 e. The molecule has 0 radical (unpaired) electrons. The number of fused-ring (bicyclic) bond motifs is 1. The topological polar surface area (TPSA) is 72.5 Å². The minimum absolute atomic E-state index is 0.246. The Bertz CT molecular complexity index is 555. The first-order valence-electron chi connectivity index (χ1n) is 8.44. The van der Waals surface area contributed by atoms with E-state index < -0.39 is 11.6 Å². The van der Waals surface area contributed by atoms with Gasteiger partial charge in [-0.25, -0.2) is 4.79 Å². The van der Waals surface area contributed by atoms with Gasteiger partial charge >= 0.3 is 5.97 Å². The fraction of sp³-hybridized carbons (Fsp3) is 0.824. The molecule has 7 heteroatoms. The molecule has 4 heterocycles. The zero-order valence-electron chi connectivity index (χ0n) is 14.4. The van der Waals surface area contributed by atoms with Crippen molar-refractivity contribution in [3.05, 3.63) is 12.2 Å². The molecule has 3 fully saturated rings. The lowest BCUT2D eigenvalue weighted by Crippen LogP contribution is -2.41. The van der Waals surface area contributed by atoms with Gasteiger partial charge in [-0.05, 0) is 27.7 Å². The number of carbonyl (C=O) groups is 1. The third-order valence-electron chi connectivity index (χ3n) is 4.78. The smallest absolute Gasteiger partial charge is 0.330 e. The highest BCUT2D eigenvalue weighted by atomic mass is 16.8. The molecule has 4 rings (SSSR count). The van der Waals surface area contributed by atoms with Crippen LogP contribution in [-0.4, -0.2) is 60.8 Å². The Morgan fingerprint density at radius 1 is 0.917 bits per heavy atom. The van der Waals surface area contributed by atoms with Crippen molar-refractivity contribution < 1.29 is 33.2 Å². The summed E-state index contributed by atoms with van der Waals surface area (Å²) in [6.07, 6.45) is 1.92. The zero-order valence-corrected chi connectivity index (χ0v) is 14.4. The van der Waals surface area contributed by atoms with Crippen molar-refractivity contribution in [2.45, 2.75) is 82.3 Å². The molecule has 134 valence electrons. The number of carbonyl (C=O) groups excluding carboxylic acids is 1. The van der Waals surface area contributed by atoms with Crippen molar-refractivity contribution in [3.63, 3.8) is 0 Å². The standard InChI is InChI=1S/C17H24O7/c1-16(2)19-8-10(22-16)13-15-14(23-17(3,4)24-15)12(21-13)9-6-5-7-11(18)20-9/h5,7,9-10,12-15H,6,8H2,1-4H3/t9-,10-,12-,13-,14-,15+/m1/s1. The summed E-state index contributed by atoms with van der Waals surface area (Å²) in [6.45, 7) is 7.94. The maximum atomic E-state index is 11.6. The van der Waals surface area contributed by atoms with E-state index in [0.717, 1.165) is 0 Å². The Morgan fingerprint density at radius 2 is 1.58 bits per heavy atom. The molecule has 4 aliphatic heterocycles. The van der Waals surface area contributed by atoms with E-state index in [1.165, 1.54) is 6.08 Å². The molecule has 3 saturated heterocycles. The van der Waals surface area contributed by atoms with Crippen molar-refractivity contribution in [2.75, 3.05) is 6.61 Å². The van der Waals surface area contributed by atoms with Crippen LogP contribution in [0, 0.1) is 0 Å². The first kappa shape index (κ1) is 16.5. The zero-order chi connectivity index (χ0) is 17.1. The third-order valence-corrected chi connectivity index (χ3v) is 4.78. The van der Waals surface area contributed by atoms with E-state index in [-0.39, 0.29) is 42.6 Å². The largest absolute Gasteiger partial charge is 0.456 e. The monoisotopic (exact) mass is 340 g/mol. The van der Waals surface area contributed by atoms with E-state index in [9.17, 15) is 4.79 Å². The summed E-state index contributed by atoms with van der Waals surface area (Å²) in [4.78, 5) is 11.6. The van der Waals surface area contributed by atoms with Crippen LogP contribution < -0.4 is 0 Å². The van der Waals surface area contributed by atoms with E-state index in [4.69, 9.17) is 28.4 Å². The normalized spacial score (nSPS) is 46.1. The van der Waals surface area contributed by atoms with Crippen molar-refractivity contribution in [1.29, 1.82) is 0 Å². The molecule has 0 unspecified atom stereocenters. The van der Waals surface area contributed by atoms with Gasteiger partial charge < -0.3 is 28.4 Å². The highest BCUT2D eigenvalue weighted by Crippen LogP contribution is 2.44. The van der Waals surface area contributed by atoms with Crippen LogP contribution in [0.15, 0.2) is 12.2 Å². The van der Waals surface area contributed by atoms with Crippen LogP contribution in [0.1, 0.15) is 34.1 Å². The Labute approximate surface area is 141 Å². The molecule has 0 aromatic carbocycles. The number of hydrogen-bond acceptors (Lipinski definition) is 7. The lowest BCUT2D eigenvalue weighted by molar-refractivity contribution is -0.217. The molecular weight excluding hydrogens is 316 g/mol. The lowest BCUT2D eigenvalue weighted by atomic mass is 9.99. The first-order valence-corrected chi connectivity index (χ1v) is 8.44. The van der Waals surface area contributed by atoms with Crippen molar-refractivity contribution in [2.24, 2.45) is 0 Å². The van der Waals surface area contributed by atoms with Crippen molar-refractivity contribution in [1.82, 2.24) is 0 Å². The van der Waals surface area contributed by atoms with Crippen LogP contribution in [0.5, 0.6) is 0 Å². The van der Waals surface area contributed by atoms with Crippen LogP contribution in [0.3, 0.4) is 0 Å². The van der Waals surface area contributed by atoms with Crippen LogP contribution in [0.4, 0.5) is 0 Å². The van der Waals surface area contributed by atoms with Gasteiger partial charge in [0, 0.05) is 12.5 Å². The molecule has 0 spiro atoms. The maximum absolute atomic E-state index is 11.6. The second-order valence-corrected chi connectivity index (χ2v) is 7.61. The van der Waals surface area contributed by atoms with Gasteiger partial charge in [-0.2, -0.15) is 0 Å². The minimum atomic E-state index is -0.709. The quantitative estimate of drug-likeness (QED) is 0.702. The predicted octanol–water partition coefficient (Wildman–Crippen LogP) is 1.30. The van der Waals surface area contributed by atoms with Gasteiger partial charge in [0.05, 0.1) is 6.61 Å². The Hall–Kier alpha value is -0.990. The van der Waals surface area contributed by atoms with Crippen molar-refractivity contribution >= 4 is 5.97 Å². The molecule has 0 aromatic heterocycles. The van der Waals surface area contributed by atoms with E-state index in [1.54, 1.807) is 6.08 Å². The summed E-state index contributed by atoms with van der Waals surface area (Å²) < 4.78 is 35.4. The molecule has 0 bridgehead atoms. The molecule has 7 nitrogen and oxygen atoms in total. The lowest BCUT2D eigenvalue weighted by Gasteiger charge is -2.30. The molecule has 24 heavy (non-hydrogen) atoms. The van der Waals surface area contributed by atoms with Gasteiger partial charge in [-0.3, -0.25) is 0 Å². The summed E-state index contributed by atoms with van der Waals surface area (Å²) in [5.74, 6) is -1.70. The number of esters is 1. The van der Waals surface area contributed by atoms with E-state index in [1.807, 2.05) is 27.7 Å². The van der Waals surface area contributed by atoms with Crippen LogP contribution in [0.25, 0.3) is 0 Å². The number of ether oxygens (including phenoxy) is 6. The van der Waals surface area contributed by atoms with Gasteiger partial charge in [0.15, 0.2) is 11.6 Å².